The summed E-state index contributed by atoms with van der Waals surface area (Å²) in [6.07, 6.45) is 0.706. The van der Waals surface area contributed by atoms with Crippen LogP contribution in [0.25, 0.3) is 0 Å². The molecular formula is C13H23NO5. The van der Waals surface area contributed by atoms with Gasteiger partial charge in [-0.2, -0.15) is 0 Å². The minimum atomic E-state index is -1.20. The van der Waals surface area contributed by atoms with Gasteiger partial charge in [-0.3, -0.25) is 9.59 Å². The minimum absolute atomic E-state index is 0.419. The van der Waals surface area contributed by atoms with Gasteiger partial charge in [0.25, 0.3) is 0 Å². The second-order valence-electron chi connectivity index (χ2n) is 5.38. The molecule has 0 aliphatic heterocycles. The molecule has 1 amide bonds. The average molecular weight is 273 g/mol. The van der Waals surface area contributed by atoms with Gasteiger partial charge in [0.1, 0.15) is 12.0 Å². The first-order valence-electron chi connectivity index (χ1n) is 6.39. The fourth-order valence-electron chi connectivity index (χ4n) is 1.44. The molecule has 2 N–H and O–H groups in total. The van der Waals surface area contributed by atoms with Crippen molar-refractivity contribution in [3.8, 4) is 0 Å². The van der Waals surface area contributed by atoms with Crippen molar-refractivity contribution in [1.82, 2.24) is 5.32 Å². The van der Waals surface area contributed by atoms with Crippen molar-refractivity contribution in [2.24, 2.45) is 0 Å². The SMILES string of the molecule is CCCC[C@H](NC(=O)OC(C)(C)C)C(=O)CC(=O)O. The summed E-state index contributed by atoms with van der Waals surface area (Å²) < 4.78 is 5.05. The molecule has 6 nitrogen and oxygen atoms in total. The van der Waals surface area contributed by atoms with Crippen LogP contribution >= 0.6 is 0 Å². The molecule has 0 saturated heterocycles. The van der Waals surface area contributed by atoms with Crippen molar-refractivity contribution in [3.05, 3.63) is 0 Å². The molecule has 0 aromatic carbocycles. The molecule has 19 heavy (non-hydrogen) atoms. The molecule has 0 spiro atoms. The van der Waals surface area contributed by atoms with E-state index in [1.807, 2.05) is 6.92 Å². The van der Waals surface area contributed by atoms with E-state index in [1.54, 1.807) is 20.8 Å². The number of ether oxygens (including phenoxy) is 1. The number of unbranched alkanes of at least 4 members (excludes halogenated alkanes) is 1. The Hall–Kier alpha value is -1.59. The summed E-state index contributed by atoms with van der Waals surface area (Å²) in [5, 5.41) is 11.1. The highest BCUT2D eigenvalue weighted by Gasteiger charge is 2.25. The number of carboxylic acid groups (broad SMARTS) is 1. The van der Waals surface area contributed by atoms with E-state index in [2.05, 4.69) is 5.32 Å². The van der Waals surface area contributed by atoms with E-state index in [0.29, 0.717) is 6.42 Å². The van der Waals surface area contributed by atoms with Gasteiger partial charge in [-0.05, 0) is 27.2 Å². The Balaban J connectivity index is 4.54. The molecule has 0 unspecified atom stereocenters. The summed E-state index contributed by atoms with van der Waals surface area (Å²) in [5.74, 6) is -1.70. The summed E-state index contributed by atoms with van der Waals surface area (Å²) in [4.78, 5) is 33.8. The fourth-order valence-corrected chi connectivity index (χ4v) is 1.44. The third kappa shape index (κ3) is 9.04. The number of carbonyl (C=O) groups excluding carboxylic acids is 2. The predicted octanol–water partition coefficient (Wildman–Crippen LogP) is 2.11. The van der Waals surface area contributed by atoms with E-state index in [1.165, 1.54) is 0 Å². The third-order valence-corrected chi connectivity index (χ3v) is 2.25. The smallest absolute Gasteiger partial charge is 0.408 e. The van der Waals surface area contributed by atoms with Crippen molar-refractivity contribution in [2.75, 3.05) is 0 Å². The number of alkyl carbamates (subject to hydrolysis) is 1. The molecule has 0 rings (SSSR count). The van der Waals surface area contributed by atoms with E-state index >= 15 is 0 Å². The third-order valence-electron chi connectivity index (χ3n) is 2.25. The van der Waals surface area contributed by atoms with Crippen LogP contribution in [0.1, 0.15) is 53.4 Å². The number of carbonyl (C=O) groups is 3. The summed E-state index contributed by atoms with van der Waals surface area (Å²) in [5.41, 5.74) is -0.658. The maximum absolute atomic E-state index is 11.7. The molecule has 0 aliphatic carbocycles. The van der Waals surface area contributed by atoms with Crippen LogP contribution in [0, 0.1) is 0 Å². The maximum Gasteiger partial charge on any atom is 0.408 e. The molecule has 1 atom stereocenters. The summed E-state index contributed by atoms with van der Waals surface area (Å²) in [7, 11) is 0. The normalized spacial score (nSPS) is 12.6. The van der Waals surface area contributed by atoms with Gasteiger partial charge in [0.15, 0.2) is 5.78 Å². The fraction of sp³-hybridized carbons (Fsp3) is 0.769. The predicted molar refractivity (Wildman–Crippen MR) is 69.9 cm³/mol. The van der Waals surface area contributed by atoms with Gasteiger partial charge in [-0.25, -0.2) is 4.79 Å². The van der Waals surface area contributed by atoms with Gasteiger partial charge < -0.3 is 15.2 Å². The average Bonchev–Trinajstić information content (AvgIpc) is 2.20. The molecule has 6 heteroatoms. The van der Waals surface area contributed by atoms with E-state index in [9.17, 15) is 14.4 Å². The number of aliphatic carboxylic acids is 1. The number of Topliss-reactive ketones (excluding diaryl/α,β-unsaturated/α-hetero) is 1. The van der Waals surface area contributed by atoms with Crippen LogP contribution in [0.5, 0.6) is 0 Å². The van der Waals surface area contributed by atoms with Crippen molar-refractivity contribution in [1.29, 1.82) is 0 Å². The molecule has 0 heterocycles. The van der Waals surface area contributed by atoms with E-state index in [-0.39, 0.29) is 0 Å². The van der Waals surface area contributed by atoms with Gasteiger partial charge >= 0.3 is 12.1 Å². The Morgan fingerprint density at radius 1 is 1.26 bits per heavy atom. The number of nitrogens with one attached hydrogen (secondary N) is 1. The number of amides is 1. The maximum atomic E-state index is 11.7. The van der Waals surface area contributed by atoms with Gasteiger partial charge in [0, 0.05) is 0 Å². The van der Waals surface area contributed by atoms with Crippen LogP contribution in [-0.2, 0) is 14.3 Å². The van der Waals surface area contributed by atoms with Gasteiger partial charge in [0.05, 0.1) is 6.04 Å². The second kappa shape index (κ2) is 7.76. The molecule has 0 radical (unpaired) electrons. The number of ketones is 1. The number of hydrogen-bond acceptors (Lipinski definition) is 4. The molecule has 110 valence electrons. The lowest BCUT2D eigenvalue weighted by Crippen LogP contribution is -2.44. The molecule has 0 aliphatic rings. The summed E-state index contributed by atoms with van der Waals surface area (Å²) >= 11 is 0. The van der Waals surface area contributed by atoms with Crippen molar-refractivity contribution < 1.29 is 24.2 Å². The molecule has 0 saturated carbocycles. The van der Waals surface area contributed by atoms with Gasteiger partial charge in [-0.1, -0.05) is 19.8 Å². The van der Waals surface area contributed by atoms with Gasteiger partial charge in [0.2, 0.25) is 0 Å². The number of rotatable bonds is 7. The first kappa shape index (κ1) is 17.4. The zero-order chi connectivity index (χ0) is 15.1. The van der Waals surface area contributed by atoms with E-state index in [0.717, 1.165) is 12.8 Å². The second-order valence-corrected chi connectivity index (χ2v) is 5.38. The monoisotopic (exact) mass is 273 g/mol. The lowest BCUT2D eigenvalue weighted by atomic mass is 10.0. The van der Waals surface area contributed by atoms with Gasteiger partial charge in [-0.15, -0.1) is 0 Å². The molecule has 0 fully saturated rings. The van der Waals surface area contributed by atoms with Crippen LogP contribution in [-0.4, -0.2) is 34.6 Å². The first-order valence-corrected chi connectivity index (χ1v) is 6.39. The lowest BCUT2D eigenvalue weighted by molar-refractivity contribution is -0.140. The Morgan fingerprint density at radius 3 is 2.26 bits per heavy atom. The summed E-state index contributed by atoms with van der Waals surface area (Å²) in [6.45, 7) is 7.10. The molecular weight excluding hydrogens is 250 g/mol. The standard InChI is InChI=1S/C13H23NO5/c1-5-6-7-9(10(15)8-11(16)17)14-12(18)19-13(2,3)4/h9H,5-8H2,1-4H3,(H,14,18)(H,16,17)/t9-/m0/s1. The zero-order valence-electron chi connectivity index (χ0n) is 12.0. The molecule has 0 bridgehead atoms. The quantitative estimate of drug-likeness (QED) is 0.693. The van der Waals surface area contributed by atoms with E-state index in [4.69, 9.17) is 9.84 Å². The Labute approximate surface area is 113 Å². The van der Waals surface area contributed by atoms with Crippen LogP contribution in [0.4, 0.5) is 4.79 Å². The molecule has 0 aromatic rings. The Kier molecular flexibility index (Phi) is 7.11. The number of hydrogen-bond donors (Lipinski definition) is 2. The highest BCUT2D eigenvalue weighted by atomic mass is 16.6. The first-order chi connectivity index (χ1) is 8.65. The van der Waals surface area contributed by atoms with Crippen molar-refractivity contribution in [2.45, 2.75) is 65.0 Å². The molecule has 0 aromatic heterocycles. The zero-order valence-corrected chi connectivity index (χ0v) is 12.0. The summed E-state index contributed by atoms with van der Waals surface area (Å²) in [6, 6.07) is -0.800. The largest absolute Gasteiger partial charge is 0.481 e. The highest BCUT2D eigenvalue weighted by Crippen LogP contribution is 2.09. The number of carboxylic acids is 1. The highest BCUT2D eigenvalue weighted by molar-refractivity contribution is 5.98. The van der Waals surface area contributed by atoms with Crippen LogP contribution in [0.15, 0.2) is 0 Å². The van der Waals surface area contributed by atoms with Crippen molar-refractivity contribution >= 4 is 17.8 Å². The van der Waals surface area contributed by atoms with Crippen LogP contribution in [0.3, 0.4) is 0 Å². The topological polar surface area (TPSA) is 92.7 Å². The minimum Gasteiger partial charge on any atom is -0.481 e. The van der Waals surface area contributed by atoms with Crippen LogP contribution < -0.4 is 5.32 Å². The Morgan fingerprint density at radius 2 is 1.84 bits per heavy atom. The van der Waals surface area contributed by atoms with E-state index < -0.39 is 35.9 Å². The van der Waals surface area contributed by atoms with Crippen LogP contribution in [0.2, 0.25) is 0 Å². The Bertz CT molecular complexity index is 332. The van der Waals surface area contributed by atoms with Crippen molar-refractivity contribution in [3.63, 3.8) is 0 Å². The lowest BCUT2D eigenvalue weighted by Gasteiger charge is -2.22.